The molecule has 0 atom stereocenters. The highest BCUT2D eigenvalue weighted by Crippen LogP contribution is 2.45. The van der Waals surface area contributed by atoms with Crippen LogP contribution in [0.25, 0.3) is 120 Å². The summed E-state index contributed by atoms with van der Waals surface area (Å²) < 4.78 is 4.81. The molecule has 0 amide bonds. The molecular formula is C56H34N4. The maximum Gasteiger partial charge on any atom is 0.0547 e. The van der Waals surface area contributed by atoms with Crippen molar-refractivity contribution in [2.24, 2.45) is 0 Å². The van der Waals surface area contributed by atoms with Crippen LogP contribution >= 0.6 is 0 Å². The second-order valence-corrected chi connectivity index (χ2v) is 15.8. The molecule has 0 N–H and O–H groups in total. The molecule has 0 aliphatic carbocycles. The van der Waals surface area contributed by atoms with Crippen molar-refractivity contribution in [1.29, 1.82) is 0 Å². The molecule has 0 spiro atoms. The van der Waals surface area contributed by atoms with Gasteiger partial charge in [-0.25, -0.2) is 0 Å². The highest BCUT2D eigenvalue weighted by Gasteiger charge is 2.20. The fourth-order valence-corrected chi connectivity index (χ4v) is 9.96. The number of hydrogen-bond donors (Lipinski definition) is 0. The molecule has 9 aromatic carbocycles. The van der Waals surface area contributed by atoms with Gasteiger partial charge in [0.1, 0.15) is 0 Å². The van der Waals surface area contributed by atoms with E-state index in [1.165, 1.54) is 97.8 Å². The summed E-state index contributed by atoms with van der Waals surface area (Å²) in [6.45, 7) is 0. The van der Waals surface area contributed by atoms with Crippen molar-refractivity contribution in [3.05, 3.63) is 207 Å². The molecule has 0 aliphatic heterocycles. The van der Waals surface area contributed by atoms with E-state index in [2.05, 4.69) is 189 Å². The Morgan fingerprint density at radius 2 is 0.717 bits per heavy atom. The largest absolute Gasteiger partial charge is 0.309 e. The van der Waals surface area contributed by atoms with E-state index in [-0.39, 0.29) is 0 Å². The fourth-order valence-electron chi connectivity index (χ4n) is 9.96. The Bertz CT molecular complexity index is 3590. The molecule has 278 valence electrons. The molecular weight excluding hydrogens is 729 g/mol. The van der Waals surface area contributed by atoms with Crippen LogP contribution in [0.2, 0.25) is 0 Å². The number of rotatable bonds is 4. The number of nitrogens with zero attached hydrogens (tertiary/aromatic N) is 4. The van der Waals surface area contributed by atoms with Crippen molar-refractivity contribution in [2.75, 3.05) is 0 Å². The standard InChI is InChI=1S/C56H34N4/c1-3-15-39(16-4-1)59-53-21-9-7-19-41(53)51-29-47-45-27-38-26-44(36-14-12-24-58-34-36)50-32-56-52(42-20-8-10-22-54(42)60(56)40-17-5-2-6-18-40)30-48(50)46(38)28-37(45)25-43(49(47)31-55(51)59)35-13-11-23-57-33-35/h1-34H. The zero-order chi connectivity index (χ0) is 39.3. The van der Waals surface area contributed by atoms with Crippen molar-refractivity contribution in [1.82, 2.24) is 19.1 Å². The first-order chi connectivity index (χ1) is 29.8. The Morgan fingerprint density at radius 3 is 1.15 bits per heavy atom. The molecule has 0 radical (unpaired) electrons. The van der Waals surface area contributed by atoms with Gasteiger partial charge < -0.3 is 9.13 Å². The maximum atomic E-state index is 4.60. The van der Waals surface area contributed by atoms with Gasteiger partial charge in [-0.1, -0.05) is 84.9 Å². The summed E-state index contributed by atoms with van der Waals surface area (Å²) in [5.41, 5.74) is 11.6. The summed E-state index contributed by atoms with van der Waals surface area (Å²) in [5.74, 6) is 0. The zero-order valence-corrected chi connectivity index (χ0v) is 32.4. The van der Waals surface area contributed by atoms with Crippen LogP contribution in [0.15, 0.2) is 207 Å². The van der Waals surface area contributed by atoms with Crippen LogP contribution < -0.4 is 0 Å². The van der Waals surface area contributed by atoms with Gasteiger partial charge in [0.15, 0.2) is 0 Å². The molecule has 0 aliphatic rings. The van der Waals surface area contributed by atoms with Crippen LogP contribution in [0.3, 0.4) is 0 Å². The molecule has 13 aromatic rings. The Kier molecular flexibility index (Phi) is 6.98. The van der Waals surface area contributed by atoms with E-state index in [1.807, 2.05) is 36.9 Å². The third-order valence-corrected chi connectivity index (χ3v) is 12.6. The summed E-state index contributed by atoms with van der Waals surface area (Å²) in [4.78, 5) is 9.21. The maximum absolute atomic E-state index is 4.60. The smallest absolute Gasteiger partial charge is 0.0547 e. The van der Waals surface area contributed by atoms with Crippen molar-refractivity contribution in [3.63, 3.8) is 0 Å². The van der Waals surface area contributed by atoms with Gasteiger partial charge in [0.25, 0.3) is 0 Å². The van der Waals surface area contributed by atoms with Gasteiger partial charge in [-0.05, 0) is 151 Å². The van der Waals surface area contributed by atoms with E-state index >= 15 is 0 Å². The first kappa shape index (κ1) is 32.9. The molecule has 0 saturated carbocycles. The van der Waals surface area contributed by atoms with Gasteiger partial charge in [-0.3, -0.25) is 9.97 Å². The van der Waals surface area contributed by atoms with Crippen LogP contribution in [-0.4, -0.2) is 19.1 Å². The van der Waals surface area contributed by atoms with E-state index in [0.717, 1.165) is 22.5 Å². The monoisotopic (exact) mass is 762 g/mol. The van der Waals surface area contributed by atoms with Gasteiger partial charge in [-0.15, -0.1) is 0 Å². The van der Waals surface area contributed by atoms with Gasteiger partial charge in [-0.2, -0.15) is 0 Å². The molecule has 4 nitrogen and oxygen atoms in total. The summed E-state index contributed by atoms with van der Waals surface area (Å²) >= 11 is 0. The van der Waals surface area contributed by atoms with E-state index in [9.17, 15) is 0 Å². The summed E-state index contributed by atoms with van der Waals surface area (Å²) in [6.07, 6.45) is 7.70. The van der Waals surface area contributed by atoms with Gasteiger partial charge in [0.05, 0.1) is 22.1 Å². The van der Waals surface area contributed by atoms with E-state index in [1.54, 1.807) is 0 Å². The second kappa shape index (κ2) is 12.7. The lowest BCUT2D eigenvalue weighted by atomic mass is 9.88. The lowest BCUT2D eigenvalue weighted by molar-refractivity contribution is 1.18. The van der Waals surface area contributed by atoms with Crippen LogP contribution in [0.5, 0.6) is 0 Å². The van der Waals surface area contributed by atoms with Crippen LogP contribution in [0.1, 0.15) is 0 Å². The summed E-state index contributed by atoms with van der Waals surface area (Å²) in [5, 5.41) is 14.6. The summed E-state index contributed by atoms with van der Waals surface area (Å²) in [7, 11) is 0. The normalized spacial score (nSPS) is 12.0. The predicted molar refractivity (Wildman–Crippen MR) is 252 cm³/mol. The van der Waals surface area contributed by atoms with E-state index < -0.39 is 0 Å². The lowest BCUT2D eigenvalue weighted by Crippen LogP contribution is -1.94. The predicted octanol–water partition coefficient (Wildman–Crippen LogP) is 14.6. The Labute approximate surface area is 344 Å². The fraction of sp³-hybridized carbons (Fsp3) is 0. The minimum absolute atomic E-state index is 1.10. The van der Waals surface area contributed by atoms with E-state index in [4.69, 9.17) is 0 Å². The van der Waals surface area contributed by atoms with Crippen molar-refractivity contribution < 1.29 is 0 Å². The molecule has 0 bridgehead atoms. The van der Waals surface area contributed by atoms with Crippen molar-refractivity contribution in [2.45, 2.75) is 0 Å². The first-order valence-corrected chi connectivity index (χ1v) is 20.5. The van der Waals surface area contributed by atoms with Gasteiger partial charge in [0.2, 0.25) is 0 Å². The Morgan fingerprint density at radius 1 is 0.283 bits per heavy atom. The second-order valence-electron chi connectivity index (χ2n) is 15.8. The van der Waals surface area contributed by atoms with Crippen molar-refractivity contribution in [3.8, 4) is 33.6 Å². The van der Waals surface area contributed by atoms with E-state index in [0.29, 0.717) is 0 Å². The number of hydrogen-bond acceptors (Lipinski definition) is 2. The Hall–Kier alpha value is -8.08. The highest BCUT2D eigenvalue weighted by molar-refractivity contribution is 6.27. The highest BCUT2D eigenvalue weighted by atomic mass is 15.0. The molecule has 4 aromatic heterocycles. The SMILES string of the molecule is c1ccc(-n2c3ccccc3c3cc4c(cc32)c(-c2cccnc2)cc2cc3c(cc(-c5cccnc5)c5cc6c(cc53)c3ccccc3n6-c3ccccc3)cc24)cc1. The number of aromatic nitrogens is 4. The topological polar surface area (TPSA) is 35.6 Å². The molecule has 0 unspecified atom stereocenters. The van der Waals surface area contributed by atoms with Crippen LogP contribution in [0, 0.1) is 0 Å². The number of pyridine rings is 2. The molecule has 60 heavy (non-hydrogen) atoms. The molecule has 4 heterocycles. The van der Waals surface area contributed by atoms with Crippen LogP contribution in [0.4, 0.5) is 0 Å². The minimum Gasteiger partial charge on any atom is -0.309 e. The van der Waals surface area contributed by atoms with Gasteiger partial charge in [0, 0.05) is 68.8 Å². The lowest BCUT2D eigenvalue weighted by Gasteiger charge is -2.16. The average Bonchev–Trinajstić information content (AvgIpc) is 3.82. The molecule has 0 saturated heterocycles. The number of benzene rings is 9. The first-order valence-electron chi connectivity index (χ1n) is 20.5. The number of fused-ring (bicyclic) bond motifs is 12. The molecule has 4 heteroatoms. The number of para-hydroxylation sites is 4. The average molecular weight is 763 g/mol. The van der Waals surface area contributed by atoms with Crippen molar-refractivity contribution >= 4 is 86.7 Å². The summed E-state index contributed by atoms with van der Waals surface area (Å²) in [6, 6.07) is 66.7. The third-order valence-electron chi connectivity index (χ3n) is 12.6. The third kappa shape index (κ3) is 4.79. The van der Waals surface area contributed by atoms with Gasteiger partial charge >= 0.3 is 0 Å². The van der Waals surface area contributed by atoms with Crippen LogP contribution in [-0.2, 0) is 0 Å². The minimum atomic E-state index is 1.10. The quantitative estimate of drug-likeness (QED) is 0.132. The zero-order valence-electron chi connectivity index (χ0n) is 32.4. The molecule has 0 fully saturated rings. The molecule has 13 rings (SSSR count). The Balaban J connectivity index is 1.19.